The maximum Gasteiger partial charge on any atom is 0.0397 e. The van der Waals surface area contributed by atoms with Crippen LogP contribution < -0.4 is 5.32 Å². The smallest absolute Gasteiger partial charge is 0.0397 e. The van der Waals surface area contributed by atoms with Gasteiger partial charge in [-0.15, -0.1) is 0 Å². The first-order valence-electron chi connectivity index (χ1n) is 4.57. The Hall–Kier alpha value is -0.370. The van der Waals surface area contributed by atoms with Crippen molar-refractivity contribution in [1.82, 2.24) is 5.32 Å². The molecule has 0 atom stereocenters. The summed E-state index contributed by atoms with van der Waals surface area (Å²) in [5, 5.41) is 3.37. The van der Waals surface area contributed by atoms with Crippen LogP contribution in [0.4, 0.5) is 0 Å². The fourth-order valence-corrected chi connectivity index (χ4v) is 0.851. The molecule has 0 heterocycles. The van der Waals surface area contributed by atoms with Gasteiger partial charge in [0, 0.05) is 6.54 Å². The summed E-state index contributed by atoms with van der Waals surface area (Å²) in [7, 11) is 0. The minimum Gasteiger partial charge on any atom is -0.317 e. The Labute approximate surface area is 70.1 Å². The zero-order valence-corrected chi connectivity index (χ0v) is 7.77. The highest BCUT2D eigenvalue weighted by Gasteiger charge is 1.84. The molecule has 0 radical (unpaired) electrons. The highest BCUT2D eigenvalue weighted by atomic mass is 14.8. The van der Waals surface area contributed by atoms with Gasteiger partial charge >= 0.3 is 0 Å². The van der Waals surface area contributed by atoms with E-state index in [2.05, 4.69) is 17.2 Å². The van der Waals surface area contributed by atoms with Crippen molar-refractivity contribution < 1.29 is 0 Å². The summed E-state index contributed by atoms with van der Waals surface area (Å²) < 4.78 is 0. The van der Waals surface area contributed by atoms with Gasteiger partial charge in [-0.1, -0.05) is 13.3 Å². The number of hydrogen-bond donors (Lipinski definition) is 1. The predicted octanol–water partition coefficient (Wildman–Crippen LogP) is 1.86. The van der Waals surface area contributed by atoms with E-state index in [1.54, 1.807) is 0 Å². The fraction of sp³-hybridized carbons (Fsp3) is 0.889. The van der Waals surface area contributed by atoms with Gasteiger partial charge in [-0.2, -0.15) is 0 Å². The number of unbranched alkanes of at least 4 members (excludes halogenated alkanes) is 1. The minimum atomic E-state index is 0.968. The lowest BCUT2D eigenvalue weighted by Crippen LogP contribution is -2.17. The van der Waals surface area contributed by atoms with E-state index in [0.29, 0.717) is 0 Å². The normalized spacial score (nSPS) is 11.1. The van der Waals surface area contributed by atoms with Crippen molar-refractivity contribution in [3.05, 3.63) is 0 Å². The summed E-state index contributed by atoms with van der Waals surface area (Å²) in [6.07, 6.45) is 5.59. The molecule has 0 saturated heterocycles. The van der Waals surface area contributed by atoms with E-state index in [9.17, 15) is 0 Å². The van der Waals surface area contributed by atoms with Crippen molar-refractivity contribution >= 4 is 6.21 Å². The third kappa shape index (κ3) is 9.63. The molecule has 2 heteroatoms. The molecule has 11 heavy (non-hydrogen) atoms. The van der Waals surface area contributed by atoms with E-state index < -0.39 is 0 Å². The van der Waals surface area contributed by atoms with Crippen molar-refractivity contribution in [3.8, 4) is 0 Å². The van der Waals surface area contributed by atoms with E-state index in [1.807, 2.05) is 13.1 Å². The van der Waals surface area contributed by atoms with E-state index in [-0.39, 0.29) is 0 Å². The lowest BCUT2D eigenvalue weighted by Gasteiger charge is -2.00. The van der Waals surface area contributed by atoms with Crippen molar-refractivity contribution in [2.75, 3.05) is 19.6 Å². The third-order valence-corrected chi connectivity index (χ3v) is 1.53. The summed E-state index contributed by atoms with van der Waals surface area (Å²) in [6.45, 7) is 7.41. The monoisotopic (exact) mass is 156 g/mol. The second-order valence-corrected chi connectivity index (χ2v) is 2.62. The van der Waals surface area contributed by atoms with Gasteiger partial charge in [-0.05, 0) is 39.1 Å². The molecule has 0 fully saturated rings. The second-order valence-electron chi connectivity index (χ2n) is 2.62. The van der Waals surface area contributed by atoms with Crippen LogP contribution in [0.5, 0.6) is 0 Å². The topological polar surface area (TPSA) is 24.4 Å². The van der Waals surface area contributed by atoms with Gasteiger partial charge in [0.1, 0.15) is 0 Å². The summed E-state index contributed by atoms with van der Waals surface area (Å²) in [4.78, 5) is 4.12. The lowest BCUT2D eigenvalue weighted by molar-refractivity contribution is 0.621. The van der Waals surface area contributed by atoms with E-state index in [0.717, 1.165) is 26.1 Å². The maximum atomic E-state index is 4.12. The first-order chi connectivity index (χ1) is 5.41. The third-order valence-electron chi connectivity index (χ3n) is 1.53. The van der Waals surface area contributed by atoms with Crippen LogP contribution in [0.25, 0.3) is 0 Å². The van der Waals surface area contributed by atoms with Gasteiger partial charge in [0.15, 0.2) is 0 Å². The SMILES string of the molecule is CC=NCCCNCCCC. The molecule has 0 aromatic carbocycles. The van der Waals surface area contributed by atoms with Crippen LogP contribution in [0.3, 0.4) is 0 Å². The van der Waals surface area contributed by atoms with E-state index in [4.69, 9.17) is 0 Å². The molecule has 0 aliphatic heterocycles. The molecular weight excluding hydrogens is 136 g/mol. The highest BCUT2D eigenvalue weighted by molar-refractivity contribution is 5.53. The molecule has 0 rings (SSSR count). The fourth-order valence-electron chi connectivity index (χ4n) is 0.851. The van der Waals surface area contributed by atoms with Crippen LogP contribution in [-0.4, -0.2) is 25.8 Å². The average molecular weight is 156 g/mol. The number of hydrogen-bond acceptors (Lipinski definition) is 2. The summed E-state index contributed by atoms with van der Waals surface area (Å²) >= 11 is 0. The molecule has 0 amide bonds. The molecule has 0 bridgehead atoms. The molecule has 0 aliphatic rings. The summed E-state index contributed by atoms with van der Waals surface area (Å²) in [5.74, 6) is 0. The molecule has 0 aromatic rings. The van der Waals surface area contributed by atoms with Crippen LogP contribution in [0, 0.1) is 0 Å². The number of nitrogens with zero attached hydrogens (tertiary/aromatic N) is 1. The average Bonchev–Trinajstić information content (AvgIpc) is 2.03. The van der Waals surface area contributed by atoms with Crippen LogP contribution in [0.1, 0.15) is 33.1 Å². The Bertz CT molecular complexity index is 89.6. The minimum absolute atomic E-state index is 0.968. The van der Waals surface area contributed by atoms with Crippen LogP contribution in [-0.2, 0) is 0 Å². The highest BCUT2D eigenvalue weighted by Crippen LogP contribution is 1.83. The lowest BCUT2D eigenvalue weighted by atomic mass is 10.3. The first kappa shape index (κ1) is 10.6. The van der Waals surface area contributed by atoms with Gasteiger partial charge < -0.3 is 5.32 Å². The number of rotatable bonds is 7. The van der Waals surface area contributed by atoms with Crippen molar-refractivity contribution in [1.29, 1.82) is 0 Å². The number of aliphatic imine (C=N–C) groups is 1. The Morgan fingerprint density at radius 3 is 2.64 bits per heavy atom. The van der Waals surface area contributed by atoms with Crippen LogP contribution in [0.2, 0.25) is 0 Å². The quantitative estimate of drug-likeness (QED) is 0.441. The van der Waals surface area contributed by atoms with Crippen molar-refractivity contribution in [2.45, 2.75) is 33.1 Å². The molecule has 2 nitrogen and oxygen atoms in total. The predicted molar refractivity (Wildman–Crippen MR) is 51.4 cm³/mol. The van der Waals surface area contributed by atoms with Gasteiger partial charge in [0.25, 0.3) is 0 Å². The largest absolute Gasteiger partial charge is 0.317 e. The second kappa shape index (κ2) is 9.63. The molecule has 0 spiro atoms. The molecule has 0 saturated carbocycles. The van der Waals surface area contributed by atoms with Gasteiger partial charge in [-0.25, -0.2) is 0 Å². The Kier molecular flexibility index (Phi) is 9.31. The van der Waals surface area contributed by atoms with Gasteiger partial charge in [-0.3, -0.25) is 4.99 Å². The van der Waals surface area contributed by atoms with Crippen molar-refractivity contribution in [3.63, 3.8) is 0 Å². The zero-order chi connectivity index (χ0) is 8.36. The van der Waals surface area contributed by atoms with Crippen LogP contribution >= 0.6 is 0 Å². The molecule has 1 N–H and O–H groups in total. The standard InChI is InChI=1S/C9H20N2/c1-3-5-7-11-9-6-8-10-4-2/h4,11H,3,5-9H2,1-2H3. The summed E-state index contributed by atoms with van der Waals surface area (Å²) in [6, 6.07) is 0. The molecule has 0 unspecified atom stereocenters. The Morgan fingerprint density at radius 1 is 1.27 bits per heavy atom. The van der Waals surface area contributed by atoms with Gasteiger partial charge in [0.05, 0.1) is 0 Å². The summed E-state index contributed by atoms with van der Waals surface area (Å²) in [5.41, 5.74) is 0. The molecule has 0 aliphatic carbocycles. The zero-order valence-electron chi connectivity index (χ0n) is 7.77. The molecule has 66 valence electrons. The first-order valence-corrected chi connectivity index (χ1v) is 4.57. The molecular formula is C9H20N2. The van der Waals surface area contributed by atoms with E-state index >= 15 is 0 Å². The Morgan fingerprint density at radius 2 is 2.00 bits per heavy atom. The Balaban J connectivity index is 2.79. The van der Waals surface area contributed by atoms with Gasteiger partial charge in [0.2, 0.25) is 0 Å². The van der Waals surface area contributed by atoms with E-state index in [1.165, 1.54) is 12.8 Å². The number of nitrogens with one attached hydrogen (secondary N) is 1. The molecule has 0 aromatic heterocycles. The van der Waals surface area contributed by atoms with Crippen molar-refractivity contribution in [2.24, 2.45) is 4.99 Å². The van der Waals surface area contributed by atoms with Crippen LogP contribution in [0.15, 0.2) is 4.99 Å². The maximum absolute atomic E-state index is 4.12.